The number of benzene rings is 2. The second-order valence-corrected chi connectivity index (χ2v) is 7.94. The van der Waals surface area contributed by atoms with Crippen LogP contribution < -0.4 is 10.5 Å². The minimum atomic E-state index is -0.307. The van der Waals surface area contributed by atoms with E-state index < -0.39 is 0 Å². The first-order chi connectivity index (χ1) is 16.0. The van der Waals surface area contributed by atoms with E-state index in [1.165, 1.54) is 4.68 Å². The van der Waals surface area contributed by atoms with Gasteiger partial charge in [-0.05, 0) is 44.2 Å². The molecule has 0 aliphatic heterocycles. The van der Waals surface area contributed by atoms with Crippen molar-refractivity contribution < 1.29 is 4.79 Å². The van der Waals surface area contributed by atoms with Gasteiger partial charge in [0.25, 0.3) is 11.5 Å². The van der Waals surface area contributed by atoms with Crippen molar-refractivity contribution in [1.29, 1.82) is 0 Å². The van der Waals surface area contributed by atoms with E-state index >= 15 is 0 Å². The molecular weight excluding hydrogens is 414 g/mol. The molecule has 0 atom stereocenters. The van der Waals surface area contributed by atoms with Gasteiger partial charge < -0.3 is 4.57 Å². The zero-order valence-corrected chi connectivity index (χ0v) is 18.7. The molecule has 0 saturated carbocycles. The number of hydrogen-bond donors (Lipinski definition) is 0. The lowest BCUT2D eigenvalue weighted by molar-refractivity contribution is 0.0983. The molecule has 5 aromatic rings. The molecule has 33 heavy (non-hydrogen) atoms. The van der Waals surface area contributed by atoms with E-state index in [0.717, 1.165) is 16.5 Å². The minimum Gasteiger partial charge on any atom is -0.339 e. The van der Waals surface area contributed by atoms with Crippen molar-refractivity contribution in [2.24, 2.45) is 7.05 Å². The Morgan fingerprint density at radius 3 is 2.42 bits per heavy atom. The summed E-state index contributed by atoms with van der Waals surface area (Å²) in [7, 11) is 1.84. The minimum absolute atomic E-state index is 0.217. The number of hydrogen-bond acceptors (Lipinski definition) is 4. The first kappa shape index (κ1) is 20.6. The summed E-state index contributed by atoms with van der Waals surface area (Å²) in [6, 6.07) is 20.6. The van der Waals surface area contributed by atoms with Crippen LogP contribution in [0.5, 0.6) is 0 Å². The third kappa shape index (κ3) is 3.29. The van der Waals surface area contributed by atoms with Crippen LogP contribution in [-0.2, 0) is 7.05 Å². The molecule has 0 fully saturated rings. The van der Waals surface area contributed by atoms with Crippen LogP contribution in [0.25, 0.3) is 27.5 Å². The highest BCUT2D eigenvalue weighted by atomic mass is 16.2. The predicted molar refractivity (Wildman–Crippen MR) is 130 cm³/mol. The van der Waals surface area contributed by atoms with Crippen molar-refractivity contribution >= 4 is 33.5 Å². The van der Waals surface area contributed by atoms with Gasteiger partial charge >= 0.3 is 0 Å². The largest absolute Gasteiger partial charge is 0.339 e. The lowest BCUT2D eigenvalue weighted by atomic mass is 10.1. The summed E-state index contributed by atoms with van der Waals surface area (Å²) in [5.41, 5.74) is 2.92. The summed E-state index contributed by atoms with van der Waals surface area (Å²) in [4.78, 5) is 33.5. The van der Waals surface area contributed by atoms with Crippen LogP contribution in [0.1, 0.15) is 23.0 Å². The van der Waals surface area contributed by atoms with Crippen molar-refractivity contribution in [2.75, 3.05) is 11.4 Å². The van der Waals surface area contributed by atoms with E-state index in [1.54, 1.807) is 23.2 Å². The second kappa shape index (κ2) is 8.02. The average Bonchev–Trinajstić information content (AvgIpc) is 3.14. The van der Waals surface area contributed by atoms with E-state index in [9.17, 15) is 9.59 Å². The van der Waals surface area contributed by atoms with Crippen molar-refractivity contribution in [1.82, 2.24) is 19.3 Å². The van der Waals surface area contributed by atoms with Crippen LogP contribution in [0.4, 0.5) is 5.82 Å². The maximum absolute atomic E-state index is 13.9. The molecule has 7 nitrogen and oxygen atoms in total. The number of carbonyl (C=O) groups is 1. The van der Waals surface area contributed by atoms with Crippen LogP contribution >= 0.6 is 0 Å². The van der Waals surface area contributed by atoms with Crippen molar-refractivity contribution in [2.45, 2.75) is 13.8 Å². The van der Waals surface area contributed by atoms with Crippen LogP contribution in [0.2, 0.25) is 0 Å². The Hall–Kier alpha value is -4.26. The Bertz CT molecular complexity index is 1550. The topological polar surface area (TPSA) is 73.0 Å². The molecule has 2 aromatic carbocycles. The van der Waals surface area contributed by atoms with Crippen molar-refractivity contribution in [3.63, 3.8) is 0 Å². The van der Waals surface area contributed by atoms with E-state index in [1.807, 2.05) is 80.1 Å². The van der Waals surface area contributed by atoms with Crippen molar-refractivity contribution in [3.8, 4) is 5.69 Å². The zero-order chi connectivity index (χ0) is 23.1. The summed E-state index contributed by atoms with van der Waals surface area (Å²) < 4.78 is 3.16. The quantitative estimate of drug-likeness (QED) is 0.421. The molecular formula is C26H23N5O2. The van der Waals surface area contributed by atoms with Gasteiger partial charge in [-0.2, -0.15) is 9.78 Å². The molecule has 0 radical (unpaired) electrons. The van der Waals surface area contributed by atoms with Gasteiger partial charge in [0.1, 0.15) is 11.3 Å². The number of aromatic nitrogens is 4. The van der Waals surface area contributed by atoms with Gasteiger partial charge in [0.2, 0.25) is 0 Å². The molecule has 3 aromatic heterocycles. The van der Waals surface area contributed by atoms with E-state index in [0.29, 0.717) is 29.0 Å². The average molecular weight is 438 g/mol. The number of rotatable bonds is 4. The van der Waals surface area contributed by atoms with Crippen LogP contribution in [-0.4, -0.2) is 31.8 Å². The lowest BCUT2D eigenvalue weighted by Crippen LogP contribution is -2.34. The Morgan fingerprint density at radius 1 is 1.00 bits per heavy atom. The maximum Gasteiger partial charge on any atom is 0.296 e. The fourth-order valence-electron chi connectivity index (χ4n) is 4.24. The fraction of sp³-hybridized carbons (Fsp3) is 0.154. The number of aryl methyl sites for hydroxylation is 2. The van der Waals surface area contributed by atoms with Gasteiger partial charge in [0.05, 0.1) is 5.69 Å². The normalized spacial score (nSPS) is 11.2. The number of anilines is 1. The molecule has 0 N–H and O–H groups in total. The summed E-state index contributed by atoms with van der Waals surface area (Å²) in [6.07, 6.45) is 1.65. The van der Waals surface area contributed by atoms with Gasteiger partial charge in [-0.15, -0.1) is 0 Å². The van der Waals surface area contributed by atoms with Crippen molar-refractivity contribution in [3.05, 3.63) is 94.5 Å². The molecule has 0 bridgehead atoms. The van der Waals surface area contributed by atoms with Gasteiger partial charge in [0, 0.05) is 36.1 Å². The monoisotopic (exact) mass is 437 g/mol. The number of para-hydroxylation sites is 1. The van der Waals surface area contributed by atoms with Crippen LogP contribution in [0.3, 0.4) is 0 Å². The summed E-state index contributed by atoms with van der Waals surface area (Å²) in [5.74, 6) is 0.228. The summed E-state index contributed by atoms with van der Waals surface area (Å²) >= 11 is 0. The van der Waals surface area contributed by atoms with E-state index in [-0.39, 0.29) is 17.2 Å². The highest BCUT2D eigenvalue weighted by molar-refractivity contribution is 6.20. The second-order valence-electron chi connectivity index (χ2n) is 7.94. The smallest absolute Gasteiger partial charge is 0.296 e. The maximum atomic E-state index is 13.9. The lowest BCUT2D eigenvalue weighted by Gasteiger charge is -2.20. The van der Waals surface area contributed by atoms with E-state index in [4.69, 9.17) is 0 Å². The van der Waals surface area contributed by atoms with Crippen LogP contribution in [0.15, 0.2) is 77.7 Å². The van der Waals surface area contributed by atoms with Crippen LogP contribution in [0, 0.1) is 6.92 Å². The molecule has 0 aliphatic rings. The molecule has 0 unspecified atom stereocenters. The highest BCUT2D eigenvalue weighted by Gasteiger charge is 2.27. The Balaban J connectivity index is 1.86. The standard InChI is InChI=1S/C26H23N5O2/c1-4-30(21-11-7-8-16-27-21)25(32)23-22-19-9-5-6-10-20(19)29(3)24(22)26(33)31(28-23)18-14-12-17(2)13-15-18/h5-16H,4H2,1-3H3. The van der Waals surface area contributed by atoms with Gasteiger partial charge in [0.15, 0.2) is 5.69 Å². The molecule has 0 spiro atoms. The van der Waals surface area contributed by atoms with Gasteiger partial charge in [-0.3, -0.25) is 14.5 Å². The SMILES string of the molecule is CCN(C(=O)c1nn(-c2ccc(C)cc2)c(=O)c2c1c1ccccc1n2C)c1ccccn1. The number of carbonyl (C=O) groups excluding carboxylic acids is 1. The summed E-state index contributed by atoms with van der Waals surface area (Å²) in [5, 5.41) is 6.00. The number of nitrogens with zero attached hydrogens (tertiary/aromatic N) is 5. The molecule has 0 aliphatic carbocycles. The first-order valence-corrected chi connectivity index (χ1v) is 10.8. The predicted octanol–water partition coefficient (Wildman–Crippen LogP) is 4.25. The molecule has 3 heterocycles. The number of pyridine rings is 1. The first-order valence-electron chi connectivity index (χ1n) is 10.8. The fourth-order valence-corrected chi connectivity index (χ4v) is 4.24. The molecule has 0 saturated heterocycles. The summed E-state index contributed by atoms with van der Waals surface area (Å²) in [6.45, 7) is 4.28. The molecule has 164 valence electrons. The molecule has 1 amide bonds. The third-order valence-electron chi connectivity index (χ3n) is 5.91. The third-order valence-corrected chi connectivity index (χ3v) is 5.91. The number of amides is 1. The van der Waals surface area contributed by atoms with Gasteiger partial charge in [-0.25, -0.2) is 4.98 Å². The molecule has 7 heteroatoms. The Kier molecular flexibility index (Phi) is 5.01. The Labute approximate surface area is 190 Å². The van der Waals surface area contributed by atoms with E-state index in [2.05, 4.69) is 10.1 Å². The Morgan fingerprint density at radius 2 is 1.73 bits per heavy atom. The number of fused-ring (bicyclic) bond motifs is 3. The van der Waals surface area contributed by atoms with Gasteiger partial charge in [-0.1, -0.05) is 42.0 Å². The zero-order valence-electron chi connectivity index (χ0n) is 18.7. The highest BCUT2D eigenvalue weighted by Crippen LogP contribution is 2.29. The molecule has 5 rings (SSSR count).